The monoisotopic (exact) mass is 244 g/mol. The van der Waals surface area contributed by atoms with Crippen LogP contribution in [0.2, 0.25) is 0 Å². The minimum atomic E-state index is -0.284. The van der Waals surface area contributed by atoms with Crippen LogP contribution >= 0.6 is 23.8 Å². The summed E-state index contributed by atoms with van der Waals surface area (Å²) < 4.78 is 12.6. The van der Waals surface area contributed by atoms with Crippen molar-refractivity contribution in [2.75, 3.05) is 11.9 Å². The van der Waals surface area contributed by atoms with E-state index in [1.54, 1.807) is 12.1 Å². The number of rotatable bonds is 3. The molecular weight excluding hydrogens is 235 g/mol. The molecule has 5 heteroatoms. The summed E-state index contributed by atoms with van der Waals surface area (Å²) in [5.41, 5.74) is 0.717. The Kier molecular flexibility index (Phi) is 4.52. The minimum absolute atomic E-state index is 0.284. The standard InChI is InChI=1S/C10H10ClFN2S/c1-7(11)6-13-10(15)14-9-4-2-8(12)3-5-9/h2-5H,1,6H2,(H2,13,14,15). The van der Waals surface area contributed by atoms with Gasteiger partial charge in [-0.25, -0.2) is 4.39 Å². The molecule has 2 nitrogen and oxygen atoms in total. The van der Waals surface area contributed by atoms with E-state index >= 15 is 0 Å². The molecule has 0 aliphatic heterocycles. The molecule has 0 fully saturated rings. The molecule has 0 aliphatic rings. The highest BCUT2D eigenvalue weighted by molar-refractivity contribution is 7.80. The van der Waals surface area contributed by atoms with Crippen LogP contribution in [0.4, 0.5) is 10.1 Å². The summed E-state index contributed by atoms with van der Waals surface area (Å²) in [6.07, 6.45) is 0. The van der Waals surface area contributed by atoms with Crippen LogP contribution in [0.15, 0.2) is 35.9 Å². The third kappa shape index (κ3) is 4.76. The van der Waals surface area contributed by atoms with E-state index in [-0.39, 0.29) is 5.82 Å². The van der Waals surface area contributed by atoms with Crippen molar-refractivity contribution in [1.82, 2.24) is 5.32 Å². The third-order valence-corrected chi connectivity index (χ3v) is 1.92. The summed E-state index contributed by atoms with van der Waals surface area (Å²) in [5.74, 6) is -0.284. The van der Waals surface area contributed by atoms with Gasteiger partial charge >= 0.3 is 0 Å². The largest absolute Gasteiger partial charge is 0.357 e. The van der Waals surface area contributed by atoms with Gasteiger partial charge in [-0.15, -0.1) is 0 Å². The van der Waals surface area contributed by atoms with Gasteiger partial charge in [-0.1, -0.05) is 18.2 Å². The fourth-order valence-corrected chi connectivity index (χ4v) is 1.14. The highest BCUT2D eigenvalue weighted by atomic mass is 35.5. The molecule has 15 heavy (non-hydrogen) atoms. The summed E-state index contributed by atoms with van der Waals surface area (Å²) in [7, 11) is 0. The number of hydrogen-bond acceptors (Lipinski definition) is 1. The first kappa shape index (κ1) is 11.9. The molecule has 1 rings (SSSR count). The van der Waals surface area contributed by atoms with Gasteiger partial charge in [0.15, 0.2) is 5.11 Å². The van der Waals surface area contributed by atoms with Crippen LogP contribution in [-0.4, -0.2) is 11.7 Å². The second-order valence-electron chi connectivity index (χ2n) is 2.83. The molecule has 0 radical (unpaired) electrons. The third-order valence-electron chi connectivity index (χ3n) is 1.54. The van der Waals surface area contributed by atoms with Gasteiger partial charge in [-0.05, 0) is 36.5 Å². The molecule has 2 N–H and O–H groups in total. The number of halogens is 2. The van der Waals surface area contributed by atoms with E-state index in [1.165, 1.54) is 12.1 Å². The zero-order valence-corrected chi connectivity index (χ0v) is 9.46. The first-order valence-corrected chi connectivity index (χ1v) is 5.00. The first-order valence-electron chi connectivity index (χ1n) is 4.21. The molecule has 0 bridgehead atoms. The highest BCUT2D eigenvalue weighted by Gasteiger charge is 1.97. The molecule has 0 aliphatic carbocycles. The second-order valence-corrected chi connectivity index (χ2v) is 3.77. The van der Waals surface area contributed by atoms with Gasteiger partial charge in [0.05, 0.1) is 6.54 Å². The summed E-state index contributed by atoms with van der Waals surface area (Å²) in [5, 5.41) is 6.61. The highest BCUT2D eigenvalue weighted by Crippen LogP contribution is 2.07. The van der Waals surface area contributed by atoms with Crippen molar-refractivity contribution in [1.29, 1.82) is 0 Å². The molecule has 0 heterocycles. The molecule has 0 amide bonds. The van der Waals surface area contributed by atoms with Crippen LogP contribution in [-0.2, 0) is 0 Å². The zero-order valence-electron chi connectivity index (χ0n) is 7.89. The molecule has 0 saturated carbocycles. The predicted octanol–water partition coefficient (Wildman–Crippen LogP) is 2.86. The topological polar surface area (TPSA) is 24.1 Å². The van der Waals surface area contributed by atoms with Crippen LogP contribution in [0.25, 0.3) is 0 Å². The Balaban J connectivity index is 2.44. The number of thiocarbonyl (C=S) groups is 1. The van der Waals surface area contributed by atoms with Crippen molar-refractivity contribution in [2.24, 2.45) is 0 Å². The quantitative estimate of drug-likeness (QED) is 0.800. The summed E-state index contributed by atoms with van der Waals surface area (Å²) >= 11 is 10.5. The Hall–Kier alpha value is -1.13. The van der Waals surface area contributed by atoms with Crippen LogP contribution in [0, 0.1) is 5.82 Å². The van der Waals surface area contributed by atoms with Crippen LogP contribution in [0.5, 0.6) is 0 Å². The van der Waals surface area contributed by atoms with Crippen LogP contribution in [0.1, 0.15) is 0 Å². The number of nitrogens with one attached hydrogen (secondary N) is 2. The Morgan fingerprint density at radius 2 is 2.00 bits per heavy atom. The van der Waals surface area contributed by atoms with Gasteiger partial charge < -0.3 is 10.6 Å². The number of benzene rings is 1. The lowest BCUT2D eigenvalue weighted by Crippen LogP contribution is -2.29. The summed E-state index contributed by atoms with van der Waals surface area (Å²) in [4.78, 5) is 0. The Bertz CT molecular complexity index is 364. The molecule has 0 unspecified atom stereocenters. The van der Waals surface area contributed by atoms with E-state index in [0.717, 1.165) is 0 Å². The smallest absolute Gasteiger partial charge is 0.171 e. The molecule has 1 aromatic carbocycles. The fraction of sp³-hybridized carbons (Fsp3) is 0.100. The maximum Gasteiger partial charge on any atom is 0.171 e. The Morgan fingerprint density at radius 3 is 2.53 bits per heavy atom. The van der Waals surface area contributed by atoms with E-state index in [2.05, 4.69) is 17.2 Å². The molecule has 0 saturated heterocycles. The van der Waals surface area contributed by atoms with Crippen molar-refractivity contribution in [3.05, 3.63) is 41.7 Å². The maximum absolute atomic E-state index is 12.6. The maximum atomic E-state index is 12.6. The fourth-order valence-electron chi connectivity index (χ4n) is 0.885. The van der Waals surface area contributed by atoms with Crippen molar-refractivity contribution in [2.45, 2.75) is 0 Å². The van der Waals surface area contributed by atoms with E-state index in [9.17, 15) is 4.39 Å². The lowest BCUT2D eigenvalue weighted by molar-refractivity contribution is 0.628. The first-order chi connectivity index (χ1) is 7.08. The van der Waals surface area contributed by atoms with E-state index < -0.39 is 0 Å². The van der Waals surface area contributed by atoms with Gasteiger partial charge in [-0.2, -0.15) is 0 Å². The molecule has 80 valence electrons. The van der Waals surface area contributed by atoms with Gasteiger partial charge in [0.2, 0.25) is 0 Å². The number of anilines is 1. The van der Waals surface area contributed by atoms with Crippen molar-refractivity contribution < 1.29 is 4.39 Å². The summed E-state index contributed by atoms with van der Waals surface area (Å²) in [6.45, 7) is 3.91. The minimum Gasteiger partial charge on any atom is -0.357 e. The lowest BCUT2D eigenvalue weighted by Gasteiger charge is -2.09. The Labute approximate surface area is 98.1 Å². The predicted molar refractivity (Wildman–Crippen MR) is 65.6 cm³/mol. The van der Waals surface area contributed by atoms with Crippen molar-refractivity contribution >= 4 is 34.6 Å². The van der Waals surface area contributed by atoms with Crippen LogP contribution in [0.3, 0.4) is 0 Å². The van der Waals surface area contributed by atoms with E-state index in [4.69, 9.17) is 23.8 Å². The number of hydrogen-bond donors (Lipinski definition) is 2. The SMILES string of the molecule is C=C(Cl)CNC(=S)Nc1ccc(F)cc1. The molecule has 0 spiro atoms. The van der Waals surface area contributed by atoms with Crippen LogP contribution < -0.4 is 10.6 Å². The lowest BCUT2D eigenvalue weighted by atomic mass is 10.3. The van der Waals surface area contributed by atoms with Crippen molar-refractivity contribution in [3.63, 3.8) is 0 Å². The van der Waals surface area contributed by atoms with Crippen molar-refractivity contribution in [3.8, 4) is 0 Å². The van der Waals surface area contributed by atoms with Gasteiger partial charge in [0.1, 0.15) is 5.82 Å². The molecular formula is C10H10ClFN2S. The molecule has 1 aromatic rings. The normalized spacial score (nSPS) is 9.47. The molecule has 0 atom stereocenters. The van der Waals surface area contributed by atoms with Gasteiger partial charge in [0.25, 0.3) is 0 Å². The van der Waals surface area contributed by atoms with Gasteiger partial charge in [0, 0.05) is 10.7 Å². The summed E-state index contributed by atoms with van der Waals surface area (Å²) in [6, 6.07) is 5.90. The second kappa shape index (κ2) is 5.68. The zero-order chi connectivity index (χ0) is 11.3. The average molecular weight is 245 g/mol. The van der Waals surface area contributed by atoms with E-state index in [0.29, 0.717) is 22.4 Å². The molecule has 0 aromatic heterocycles. The Morgan fingerprint density at radius 1 is 1.40 bits per heavy atom. The van der Waals surface area contributed by atoms with E-state index in [1.807, 2.05) is 0 Å². The average Bonchev–Trinajstić information content (AvgIpc) is 2.19. The van der Waals surface area contributed by atoms with Gasteiger partial charge in [-0.3, -0.25) is 0 Å².